The molecule has 2 unspecified atom stereocenters. The SMILES string of the molecule is O=C(C1CC(=O)N(c2ccc(F)cc2)C1)N1CCCC(c2nnc(-c3ccc4c(c3)OCO4)o2)C1. The third kappa shape index (κ3) is 4.09. The normalized spacial score (nSPS) is 21.6. The number of carbonyl (C=O) groups excluding carboxylic acids is 2. The number of carbonyl (C=O) groups is 2. The minimum absolute atomic E-state index is 0.0526. The zero-order chi connectivity index (χ0) is 23.9. The van der Waals surface area contributed by atoms with Crippen LogP contribution in [0.25, 0.3) is 11.5 Å². The van der Waals surface area contributed by atoms with Gasteiger partial charge in [0, 0.05) is 37.3 Å². The summed E-state index contributed by atoms with van der Waals surface area (Å²) in [5, 5.41) is 8.45. The fourth-order valence-corrected chi connectivity index (χ4v) is 4.93. The largest absolute Gasteiger partial charge is 0.454 e. The number of amides is 2. The molecule has 10 heteroatoms. The van der Waals surface area contributed by atoms with Crippen LogP contribution in [-0.4, -0.2) is 53.3 Å². The summed E-state index contributed by atoms with van der Waals surface area (Å²) in [6.45, 7) is 1.57. The first kappa shape index (κ1) is 21.6. The van der Waals surface area contributed by atoms with Gasteiger partial charge in [0.2, 0.25) is 30.4 Å². The summed E-state index contributed by atoms with van der Waals surface area (Å²) in [5.41, 5.74) is 1.34. The fourth-order valence-electron chi connectivity index (χ4n) is 4.93. The maximum absolute atomic E-state index is 13.3. The van der Waals surface area contributed by atoms with E-state index in [1.807, 2.05) is 6.07 Å². The van der Waals surface area contributed by atoms with Crippen LogP contribution >= 0.6 is 0 Å². The van der Waals surface area contributed by atoms with E-state index in [2.05, 4.69) is 10.2 Å². The van der Waals surface area contributed by atoms with Gasteiger partial charge in [-0.3, -0.25) is 9.59 Å². The Bertz CT molecular complexity index is 1280. The molecule has 2 fully saturated rings. The molecule has 2 amide bonds. The topological polar surface area (TPSA) is 98.0 Å². The summed E-state index contributed by atoms with van der Waals surface area (Å²) >= 11 is 0. The third-order valence-corrected chi connectivity index (χ3v) is 6.76. The van der Waals surface area contributed by atoms with Crippen molar-refractivity contribution in [1.82, 2.24) is 15.1 Å². The number of benzene rings is 2. The van der Waals surface area contributed by atoms with Crippen LogP contribution in [-0.2, 0) is 9.59 Å². The second kappa shape index (κ2) is 8.68. The molecule has 35 heavy (non-hydrogen) atoms. The second-order valence-electron chi connectivity index (χ2n) is 9.02. The first-order valence-corrected chi connectivity index (χ1v) is 11.6. The van der Waals surface area contributed by atoms with Crippen molar-refractivity contribution >= 4 is 17.5 Å². The number of aromatic nitrogens is 2. The van der Waals surface area contributed by atoms with E-state index >= 15 is 0 Å². The molecule has 3 aromatic rings. The number of likely N-dealkylation sites (tertiary alicyclic amines) is 1. The lowest BCUT2D eigenvalue weighted by atomic mass is 9.96. The Morgan fingerprint density at radius 1 is 1.03 bits per heavy atom. The fraction of sp³-hybridized carbons (Fsp3) is 0.360. The van der Waals surface area contributed by atoms with Crippen molar-refractivity contribution in [2.45, 2.75) is 25.2 Å². The van der Waals surface area contributed by atoms with Crippen LogP contribution in [0.15, 0.2) is 46.9 Å². The van der Waals surface area contributed by atoms with E-state index in [0.717, 1.165) is 18.4 Å². The van der Waals surface area contributed by atoms with E-state index < -0.39 is 5.92 Å². The predicted octanol–water partition coefficient (Wildman–Crippen LogP) is 3.36. The summed E-state index contributed by atoms with van der Waals surface area (Å²) in [6, 6.07) is 11.2. The summed E-state index contributed by atoms with van der Waals surface area (Å²) < 4.78 is 30.0. The van der Waals surface area contributed by atoms with Gasteiger partial charge < -0.3 is 23.7 Å². The Kier molecular flexibility index (Phi) is 5.35. The highest BCUT2D eigenvalue weighted by Crippen LogP contribution is 2.37. The average Bonchev–Trinajstić information content (AvgIpc) is 3.63. The molecular weight excluding hydrogens is 455 g/mol. The van der Waals surface area contributed by atoms with Crippen molar-refractivity contribution in [3.63, 3.8) is 0 Å². The molecule has 2 saturated heterocycles. The molecule has 0 radical (unpaired) electrons. The van der Waals surface area contributed by atoms with Gasteiger partial charge in [-0.1, -0.05) is 0 Å². The molecule has 9 nitrogen and oxygen atoms in total. The molecule has 3 aliphatic heterocycles. The van der Waals surface area contributed by atoms with Crippen molar-refractivity contribution in [2.24, 2.45) is 5.92 Å². The summed E-state index contributed by atoms with van der Waals surface area (Å²) in [7, 11) is 0. The number of ether oxygens (including phenoxy) is 2. The molecule has 0 saturated carbocycles. The Morgan fingerprint density at radius 3 is 2.71 bits per heavy atom. The molecule has 1 aromatic heterocycles. The average molecular weight is 478 g/mol. The minimum Gasteiger partial charge on any atom is -0.454 e. The van der Waals surface area contributed by atoms with Crippen molar-refractivity contribution in [1.29, 1.82) is 0 Å². The number of anilines is 1. The Labute approximate surface area is 200 Å². The lowest BCUT2D eigenvalue weighted by Gasteiger charge is -2.32. The number of halogens is 1. The molecule has 0 aliphatic carbocycles. The quantitative estimate of drug-likeness (QED) is 0.567. The van der Waals surface area contributed by atoms with Crippen molar-refractivity contribution in [2.75, 3.05) is 31.3 Å². The molecule has 6 rings (SSSR count). The Balaban J connectivity index is 1.13. The first-order chi connectivity index (χ1) is 17.0. The van der Waals surface area contributed by atoms with Crippen molar-refractivity contribution in [3.05, 3.63) is 54.2 Å². The van der Waals surface area contributed by atoms with Crippen LogP contribution in [0.4, 0.5) is 10.1 Å². The van der Waals surface area contributed by atoms with Crippen LogP contribution in [0.2, 0.25) is 0 Å². The van der Waals surface area contributed by atoms with Crippen LogP contribution in [0, 0.1) is 11.7 Å². The molecule has 3 aliphatic rings. The standard InChI is InChI=1S/C25H23FN4O5/c26-18-4-6-19(7-5-18)30-13-17(11-22(30)31)25(32)29-9-1-2-16(12-29)24-28-27-23(35-24)15-3-8-20-21(10-15)34-14-33-20/h3-8,10,16-17H,1-2,9,11-14H2. The van der Waals surface area contributed by atoms with Gasteiger partial charge in [-0.05, 0) is 55.3 Å². The van der Waals surface area contributed by atoms with Crippen LogP contribution < -0.4 is 14.4 Å². The molecule has 0 N–H and O–H groups in total. The van der Waals surface area contributed by atoms with E-state index in [1.54, 1.807) is 34.1 Å². The molecule has 0 bridgehead atoms. The summed E-state index contributed by atoms with van der Waals surface area (Å²) in [4.78, 5) is 29.2. The third-order valence-electron chi connectivity index (χ3n) is 6.76. The van der Waals surface area contributed by atoms with Gasteiger partial charge in [0.05, 0.1) is 11.8 Å². The second-order valence-corrected chi connectivity index (χ2v) is 9.02. The Hall–Kier alpha value is -3.95. The molecular formula is C25H23FN4O5. The number of hydrogen-bond donors (Lipinski definition) is 0. The zero-order valence-electron chi connectivity index (χ0n) is 18.9. The van der Waals surface area contributed by atoms with E-state index in [1.165, 1.54) is 12.1 Å². The maximum atomic E-state index is 13.3. The molecule has 2 aromatic carbocycles. The highest BCUT2D eigenvalue weighted by Gasteiger charge is 2.39. The number of nitrogens with zero attached hydrogens (tertiary/aromatic N) is 4. The zero-order valence-corrected chi connectivity index (χ0v) is 18.9. The summed E-state index contributed by atoms with van der Waals surface area (Å²) in [6.07, 6.45) is 1.78. The number of rotatable bonds is 4. The number of hydrogen-bond acceptors (Lipinski definition) is 7. The number of fused-ring (bicyclic) bond motifs is 1. The molecule has 180 valence electrons. The Morgan fingerprint density at radius 2 is 1.86 bits per heavy atom. The van der Waals surface area contributed by atoms with E-state index in [-0.39, 0.29) is 36.8 Å². The van der Waals surface area contributed by atoms with Crippen molar-refractivity contribution < 1.29 is 27.9 Å². The van der Waals surface area contributed by atoms with Gasteiger partial charge in [-0.2, -0.15) is 0 Å². The lowest BCUT2D eigenvalue weighted by molar-refractivity contribution is -0.137. The number of piperidine rings is 1. The van der Waals surface area contributed by atoms with Crippen molar-refractivity contribution in [3.8, 4) is 23.0 Å². The highest BCUT2D eigenvalue weighted by atomic mass is 19.1. The smallest absolute Gasteiger partial charge is 0.247 e. The molecule has 0 spiro atoms. The monoisotopic (exact) mass is 478 g/mol. The van der Waals surface area contributed by atoms with Gasteiger partial charge in [0.15, 0.2) is 11.5 Å². The van der Waals surface area contributed by atoms with Gasteiger partial charge in [0.25, 0.3) is 0 Å². The molecule has 4 heterocycles. The lowest BCUT2D eigenvalue weighted by Crippen LogP contribution is -2.43. The van der Waals surface area contributed by atoms with Crippen LogP contribution in [0.5, 0.6) is 11.5 Å². The van der Waals surface area contributed by atoms with Gasteiger partial charge in [-0.25, -0.2) is 4.39 Å². The first-order valence-electron chi connectivity index (χ1n) is 11.6. The van der Waals surface area contributed by atoms with Gasteiger partial charge in [0.1, 0.15) is 5.82 Å². The van der Waals surface area contributed by atoms with Gasteiger partial charge >= 0.3 is 0 Å². The van der Waals surface area contributed by atoms with Gasteiger partial charge in [-0.15, -0.1) is 10.2 Å². The van der Waals surface area contributed by atoms with Crippen LogP contribution in [0.1, 0.15) is 31.1 Å². The maximum Gasteiger partial charge on any atom is 0.247 e. The van der Waals surface area contributed by atoms with Crippen LogP contribution in [0.3, 0.4) is 0 Å². The van der Waals surface area contributed by atoms with E-state index in [0.29, 0.717) is 48.6 Å². The minimum atomic E-state index is -0.432. The highest BCUT2D eigenvalue weighted by molar-refractivity contribution is 6.00. The van der Waals surface area contributed by atoms with E-state index in [9.17, 15) is 14.0 Å². The summed E-state index contributed by atoms with van der Waals surface area (Å²) in [5.74, 6) is 1.14. The predicted molar refractivity (Wildman–Crippen MR) is 121 cm³/mol. The van der Waals surface area contributed by atoms with E-state index in [4.69, 9.17) is 13.9 Å². The molecule has 2 atom stereocenters.